The number of rotatable bonds is 12. The molecule has 2 nitrogen and oxygen atoms in total. The van der Waals surface area contributed by atoms with E-state index in [0.717, 1.165) is 13.1 Å². The third kappa shape index (κ3) is 7.95. The first-order valence-electron chi connectivity index (χ1n) is 9.11. The zero-order valence-electron chi connectivity index (χ0n) is 15.3. The van der Waals surface area contributed by atoms with Crippen molar-refractivity contribution in [2.75, 3.05) is 27.2 Å². The second kappa shape index (κ2) is 11.7. The molecule has 0 spiro atoms. The highest BCUT2D eigenvalue weighted by Crippen LogP contribution is 2.14. The van der Waals surface area contributed by atoms with Crippen LogP contribution in [0.15, 0.2) is 24.3 Å². The maximum Gasteiger partial charge on any atom is 0.0233 e. The molecule has 0 N–H and O–H groups in total. The lowest BCUT2D eigenvalue weighted by molar-refractivity contribution is 0.302. The quantitative estimate of drug-likeness (QED) is 0.505. The van der Waals surface area contributed by atoms with Gasteiger partial charge in [0.05, 0.1) is 0 Å². The van der Waals surface area contributed by atoms with Crippen LogP contribution >= 0.6 is 0 Å². The second-order valence-electron chi connectivity index (χ2n) is 6.66. The molecule has 1 aromatic carbocycles. The number of hydrogen-bond donors (Lipinski definition) is 0. The average molecular weight is 305 g/mol. The predicted octanol–water partition coefficient (Wildman–Crippen LogP) is 4.93. The summed E-state index contributed by atoms with van der Waals surface area (Å²) < 4.78 is 0. The molecule has 0 aromatic heterocycles. The summed E-state index contributed by atoms with van der Waals surface area (Å²) in [6, 6.07) is 8.95. The van der Waals surface area contributed by atoms with E-state index in [1.54, 1.807) is 0 Å². The van der Waals surface area contributed by atoms with Gasteiger partial charge in [0.2, 0.25) is 0 Å². The summed E-state index contributed by atoms with van der Waals surface area (Å²) >= 11 is 0. The maximum absolute atomic E-state index is 2.46. The van der Waals surface area contributed by atoms with E-state index >= 15 is 0 Å². The van der Waals surface area contributed by atoms with Crippen molar-refractivity contribution in [3.63, 3.8) is 0 Å². The summed E-state index contributed by atoms with van der Waals surface area (Å²) in [6.07, 6.45) is 7.90. The molecule has 0 aliphatic heterocycles. The number of benzene rings is 1. The van der Waals surface area contributed by atoms with Crippen LogP contribution in [0, 0.1) is 0 Å². The molecule has 0 unspecified atom stereocenters. The summed E-state index contributed by atoms with van der Waals surface area (Å²) in [5.41, 5.74) is 2.98. The Morgan fingerprint density at radius 2 is 1.09 bits per heavy atom. The van der Waals surface area contributed by atoms with Gasteiger partial charge in [-0.25, -0.2) is 0 Å². The Bertz CT molecular complexity index is 352. The molecule has 0 amide bonds. The van der Waals surface area contributed by atoms with Crippen molar-refractivity contribution >= 4 is 0 Å². The molecule has 0 bridgehead atoms. The van der Waals surface area contributed by atoms with Crippen LogP contribution < -0.4 is 0 Å². The molecule has 0 fully saturated rings. The molecular formula is C20H36N2. The van der Waals surface area contributed by atoms with Crippen LogP contribution in [0.4, 0.5) is 0 Å². The largest absolute Gasteiger partial charge is 0.302 e. The average Bonchev–Trinajstić information content (AvgIpc) is 2.50. The number of nitrogens with zero attached hydrogens (tertiary/aromatic N) is 2. The van der Waals surface area contributed by atoms with Gasteiger partial charge in [-0.2, -0.15) is 0 Å². The molecule has 0 saturated carbocycles. The SMILES string of the molecule is CCCCCN(C)Cc1ccccc1CN(C)CCCCC. The van der Waals surface area contributed by atoms with Crippen LogP contribution in [-0.4, -0.2) is 37.0 Å². The molecule has 0 aliphatic carbocycles. The Morgan fingerprint density at radius 3 is 1.45 bits per heavy atom. The van der Waals surface area contributed by atoms with Crippen LogP contribution in [-0.2, 0) is 13.1 Å². The van der Waals surface area contributed by atoms with Crippen LogP contribution in [0.1, 0.15) is 63.5 Å². The van der Waals surface area contributed by atoms with E-state index in [1.807, 2.05) is 0 Å². The molecule has 0 heterocycles. The van der Waals surface area contributed by atoms with Crippen molar-refractivity contribution in [2.24, 2.45) is 0 Å². The first-order valence-corrected chi connectivity index (χ1v) is 9.11. The molecule has 22 heavy (non-hydrogen) atoms. The molecular weight excluding hydrogens is 268 g/mol. The fraction of sp³-hybridized carbons (Fsp3) is 0.700. The molecule has 1 rings (SSSR count). The lowest BCUT2D eigenvalue weighted by atomic mass is 10.1. The van der Waals surface area contributed by atoms with Gasteiger partial charge < -0.3 is 9.80 Å². The maximum atomic E-state index is 2.46. The van der Waals surface area contributed by atoms with Crippen LogP contribution in [0.5, 0.6) is 0 Å². The standard InChI is InChI=1S/C20H36N2/c1-5-7-11-15-21(3)17-19-13-9-10-14-20(19)18-22(4)16-12-8-6-2/h9-10,13-14H,5-8,11-12,15-18H2,1-4H3. The Balaban J connectivity index is 2.50. The summed E-state index contributed by atoms with van der Waals surface area (Å²) in [5, 5.41) is 0. The van der Waals surface area contributed by atoms with E-state index in [4.69, 9.17) is 0 Å². The minimum absolute atomic E-state index is 1.07. The van der Waals surface area contributed by atoms with Crippen molar-refractivity contribution in [3.05, 3.63) is 35.4 Å². The van der Waals surface area contributed by atoms with Gasteiger partial charge in [-0.3, -0.25) is 0 Å². The lowest BCUT2D eigenvalue weighted by Crippen LogP contribution is -2.23. The van der Waals surface area contributed by atoms with E-state index in [-0.39, 0.29) is 0 Å². The van der Waals surface area contributed by atoms with Gasteiger partial charge in [-0.15, -0.1) is 0 Å². The second-order valence-corrected chi connectivity index (χ2v) is 6.66. The zero-order valence-corrected chi connectivity index (χ0v) is 15.3. The first kappa shape index (κ1) is 19.2. The van der Waals surface area contributed by atoms with Crippen LogP contribution in [0.25, 0.3) is 0 Å². The normalized spacial score (nSPS) is 11.5. The minimum Gasteiger partial charge on any atom is -0.302 e. The van der Waals surface area contributed by atoms with Gasteiger partial charge in [-0.1, -0.05) is 63.8 Å². The highest BCUT2D eigenvalue weighted by molar-refractivity contribution is 5.27. The molecule has 0 radical (unpaired) electrons. The molecule has 0 aliphatic rings. The molecule has 0 saturated heterocycles. The summed E-state index contributed by atoms with van der Waals surface area (Å²) in [7, 11) is 4.49. The third-order valence-electron chi connectivity index (χ3n) is 4.29. The number of hydrogen-bond acceptors (Lipinski definition) is 2. The Morgan fingerprint density at radius 1 is 0.682 bits per heavy atom. The van der Waals surface area contributed by atoms with Gasteiger partial charge in [0.1, 0.15) is 0 Å². The molecule has 2 heteroatoms. The van der Waals surface area contributed by atoms with Gasteiger partial charge in [0.15, 0.2) is 0 Å². The van der Waals surface area contributed by atoms with E-state index in [9.17, 15) is 0 Å². The fourth-order valence-corrected chi connectivity index (χ4v) is 2.87. The summed E-state index contributed by atoms with van der Waals surface area (Å²) in [5.74, 6) is 0. The van der Waals surface area contributed by atoms with Gasteiger partial charge in [0, 0.05) is 13.1 Å². The van der Waals surface area contributed by atoms with E-state index in [2.05, 4.69) is 62.0 Å². The summed E-state index contributed by atoms with van der Waals surface area (Å²) in [6.45, 7) is 9.09. The highest BCUT2D eigenvalue weighted by atomic mass is 15.1. The zero-order chi connectivity index (χ0) is 16.2. The molecule has 126 valence electrons. The Kier molecular flexibility index (Phi) is 10.2. The van der Waals surface area contributed by atoms with Crippen LogP contribution in [0.2, 0.25) is 0 Å². The smallest absolute Gasteiger partial charge is 0.0233 e. The monoisotopic (exact) mass is 304 g/mol. The Hall–Kier alpha value is -0.860. The number of unbranched alkanes of at least 4 members (excludes halogenated alkanes) is 4. The fourth-order valence-electron chi connectivity index (χ4n) is 2.87. The topological polar surface area (TPSA) is 6.48 Å². The van der Waals surface area contributed by atoms with Crippen molar-refractivity contribution in [1.29, 1.82) is 0 Å². The van der Waals surface area contributed by atoms with Crippen molar-refractivity contribution in [3.8, 4) is 0 Å². The van der Waals surface area contributed by atoms with E-state index < -0.39 is 0 Å². The van der Waals surface area contributed by atoms with Crippen molar-refractivity contribution in [1.82, 2.24) is 9.80 Å². The van der Waals surface area contributed by atoms with Crippen LogP contribution in [0.3, 0.4) is 0 Å². The Labute approximate surface area is 138 Å². The summed E-state index contributed by atoms with van der Waals surface area (Å²) in [4.78, 5) is 4.93. The van der Waals surface area contributed by atoms with E-state index in [0.29, 0.717) is 0 Å². The van der Waals surface area contributed by atoms with Crippen molar-refractivity contribution in [2.45, 2.75) is 65.5 Å². The predicted molar refractivity (Wildman–Crippen MR) is 98.2 cm³/mol. The molecule has 1 aromatic rings. The van der Waals surface area contributed by atoms with Gasteiger partial charge in [-0.05, 0) is 51.2 Å². The highest BCUT2D eigenvalue weighted by Gasteiger charge is 2.07. The third-order valence-corrected chi connectivity index (χ3v) is 4.29. The lowest BCUT2D eigenvalue weighted by Gasteiger charge is -2.22. The van der Waals surface area contributed by atoms with Gasteiger partial charge in [0.25, 0.3) is 0 Å². The first-order chi connectivity index (χ1) is 10.7. The molecule has 0 atom stereocenters. The van der Waals surface area contributed by atoms with Crippen molar-refractivity contribution < 1.29 is 0 Å². The van der Waals surface area contributed by atoms with Gasteiger partial charge >= 0.3 is 0 Å². The van der Waals surface area contributed by atoms with E-state index in [1.165, 1.54) is 62.7 Å². The minimum atomic E-state index is 1.07.